The predicted octanol–water partition coefficient (Wildman–Crippen LogP) is 1.30. The van der Waals surface area contributed by atoms with E-state index in [4.69, 9.17) is 0 Å². The van der Waals surface area contributed by atoms with Crippen LogP contribution < -0.4 is 10.2 Å². The molecule has 6 heteroatoms. The quantitative estimate of drug-likeness (QED) is 0.907. The summed E-state index contributed by atoms with van der Waals surface area (Å²) in [5.74, 6) is 1.03. The highest BCUT2D eigenvalue weighted by atomic mass is 19.1. The van der Waals surface area contributed by atoms with E-state index < -0.39 is 0 Å². The molecule has 19 heavy (non-hydrogen) atoms. The van der Waals surface area contributed by atoms with Crippen molar-refractivity contribution in [2.24, 2.45) is 5.92 Å². The summed E-state index contributed by atoms with van der Waals surface area (Å²) < 4.78 is 14.6. The molecule has 2 aromatic heterocycles. The normalized spacial score (nSPS) is 20.1. The lowest BCUT2D eigenvalue weighted by atomic mass is 9.98. The standard InChI is InChI=1S/C13H18FN5/c1-15-7-10-3-2-6-18(8-10)13-16-12-5-4-11(14)9-19(12)17-13/h4-5,9-10,15H,2-3,6-8H2,1H3. The maximum absolute atomic E-state index is 13.1. The number of nitrogens with zero attached hydrogens (tertiary/aromatic N) is 4. The van der Waals surface area contributed by atoms with Crippen LogP contribution in [0.3, 0.4) is 0 Å². The summed E-state index contributed by atoms with van der Waals surface area (Å²) in [6, 6.07) is 3.06. The molecule has 2 aromatic rings. The van der Waals surface area contributed by atoms with Gasteiger partial charge < -0.3 is 10.2 Å². The summed E-state index contributed by atoms with van der Waals surface area (Å²) in [4.78, 5) is 6.65. The lowest BCUT2D eigenvalue weighted by Gasteiger charge is -2.31. The Morgan fingerprint density at radius 1 is 1.47 bits per heavy atom. The number of nitrogens with one attached hydrogen (secondary N) is 1. The van der Waals surface area contributed by atoms with Crippen LogP contribution in [-0.2, 0) is 0 Å². The molecular weight excluding hydrogens is 245 g/mol. The molecule has 1 aliphatic rings. The van der Waals surface area contributed by atoms with Crippen molar-refractivity contribution in [2.45, 2.75) is 12.8 Å². The Kier molecular flexibility index (Phi) is 3.33. The van der Waals surface area contributed by atoms with E-state index in [2.05, 4.69) is 20.3 Å². The van der Waals surface area contributed by atoms with Crippen molar-refractivity contribution in [1.29, 1.82) is 0 Å². The highest BCUT2D eigenvalue weighted by Gasteiger charge is 2.22. The van der Waals surface area contributed by atoms with Crippen molar-refractivity contribution in [3.05, 3.63) is 24.1 Å². The first-order valence-corrected chi connectivity index (χ1v) is 6.68. The third-order valence-electron chi connectivity index (χ3n) is 3.58. The van der Waals surface area contributed by atoms with Gasteiger partial charge in [-0.2, -0.15) is 4.98 Å². The SMILES string of the molecule is CNCC1CCCN(c2nc3ccc(F)cn3n2)C1. The molecule has 0 aromatic carbocycles. The third kappa shape index (κ3) is 2.53. The molecule has 3 rings (SSSR count). The Bertz CT molecular complexity index is 565. The third-order valence-corrected chi connectivity index (χ3v) is 3.58. The van der Waals surface area contributed by atoms with Gasteiger partial charge in [-0.1, -0.05) is 0 Å². The van der Waals surface area contributed by atoms with E-state index >= 15 is 0 Å². The molecule has 0 bridgehead atoms. The van der Waals surface area contributed by atoms with Gasteiger partial charge in [0.1, 0.15) is 5.82 Å². The first kappa shape index (κ1) is 12.3. The maximum Gasteiger partial charge on any atom is 0.245 e. The molecule has 1 fully saturated rings. The number of halogens is 1. The van der Waals surface area contributed by atoms with Gasteiger partial charge in [-0.3, -0.25) is 0 Å². The van der Waals surface area contributed by atoms with Gasteiger partial charge in [0.15, 0.2) is 5.65 Å². The topological polar surface area (TPSA) is 45.5 Å². The molecule has 1 aliphatic heterocycles. The minimum atomic E-state index is -0.296. The van der Waals surface area contributed by atoms with Crippen LogP contribution in [0.4, 0.5) is 10.3 Å². The Morgan fingerprint density at radius 3 is 3.21 bits per heavy atom. The van der Waals surface area contributed by atoms with Crippen molar-refractivity contribution in [3.8, 4) is 0 Å². The van der Waals surface area contributed by atoms with Crippen LogP contribution in [0.5, 0.6) is 0 Å². The zero-order chi connectivity index (χ0) is 13.2. The molecule has 3 heterocycles. The van der Waals surface area contributed by atoms with Crippen LogP contribution in [0.15, 0.2) is 18.3 Å². The Balaban J connectivity index is 1.83. The van der Waals surface area contributed by atoms with Crippen LogP contribution in [0.2, 0.25) is 0 Å². The van der Waals surface area contributed by atoms with Crippen molar-refractivity contribution >= 4 is 11.6 Å². The molecule has 5 nitrogen and oxygen atoms in total. The molecular formula is C13H18FN5. The number of hydrogen-bond acceptors (Lipinski definition) is 4. The molecule has 0 amide bonds. The zero-order valence-corrected chi connectivity index (χ0v) is 11.0. The average molecular weight is 263 g/mol. The predicted molar refractivity (Wildman–Crippen MR) is 71.8 cm³/mol. The fraction of sp³-hybridized carbons (Fsp3) is 0.538. The number of rotatable bonds is 3. The van der Waals surface area contributed by atoms with Crippen molar-refractivity contribution in [1.82, 2.24) is 19.9 Å². The summed E-state index contributed by atoms with van der Waals surface area (Å²) in [7, 11) is 1.98. The lowest BCUT2D eigenvalue weighted by molar-refractivity contribution is 0.399. The molecule has 1 atom stereocenters. The Morgan fingerprint density at radius 2 is 2.37 bits per heavy atom. The summed E-state index contributed by atoms with van der Waals surface area (Å²) >= 11 is 0. The molecule has 0 aliphatic carbocycles. The lowest BCUT2D eigenvalue weighted by Crippen LogP contribution is -2.39. The van der Waals surface area contributed by atoms with Crippen LogP contribution >= 0.6 is 0 Å². The van der Waals surface area contributed by atoms with E-state index in [1.165, 1.54) is 23.2 Å². The van der Waals surface area contributed by atoms with E-state index in [1.807, 2.05) is 7.05 Å². The minimum absolute atomic E-state index is 0.296. The number of piperidine rings is 1. The highest BCUT2D eigenvalue weighted by molar-refractivity contribution is 5.44. The van der Waals surface area contributed by atoms with Crippen LogP contribution in [0.25, 0.3) is 5.65 Å². The van der Waals surface area contributed by atoms with E-state index in [9.17, 15) is 4.39 Å². The largest absolute Gasteiger partial charge is 0.339 e. The minimum Gasteiger partial charge on any atom is -0.339 e. The highest BCUT2D eigenvalue weighted by Crippen LogP contribution is 2.20. The molecule has 0 saturated carbocycles. The van der Waals surface area contributed by atoms with E-state index in [1.54, 1.807) is 6.07 Å². The van der Waals surface area contributed by atoms with Crippen LogP contribution in [-0.4, -0.2) is 41.3 Å². The van der Waals surface area contributed by atoms with E-state index in [-0.39, 0.29) is 5.82 Å². The first-order valence-electron chi connectivity index (χ1n) is 6.68. The van der Waals surface area contributed by atoms with E-state index in [0.717, 1.165) is 26.1 Å². The summed E-state index contributed by atoms with van der Waals surface area (Å²) in [5, 5.41) is 7.58. The molecule has 0 radical (unpaired) electrons. The number of pyridine rings is 1. The average Bonchev–Trinajstić information content (AvgIpc) is 2.82. The fourth-order valence-corrected chi connectivity index (χ4v) is 2.68. The summed E-state index contributed by atoms with van der Waals surface area (Å²) in [5.41, 5.74) is 0.687. The van der Waals surface area contributed by atoms with Gasteiger partial charge in [0.25, 0.3) is 0 Å². The monoisotopic (exact) mass is 263 g/mol. The number of fused-ring (bicyclic) bond motifs is 1. The zero-order valence-electron chi connectivity index (χ0n) is 11.0. The van der Waals surface area contributed by atoms with Crippen molar-refractivity contribution in [2.75, 3.05) is 31.6 Å². The molecule has 1 N–H and O–H groups in total. The molecule has 0 spiro atoms. The van der Waals surface area contributed by atoms with Gasteiger partial charge in [0.2, 0.25) is 5.95 Å². The van der Waals surface area contributed by atoms with Gasteiger partial charge in [-0.05, 0) is 44.5 Å². The van der Waals surface area contributed by atoms with Crippen LogP contribution in [0, 0.1) is 11.7 Å². The van der Waals surface area contributed by atoms with Gasteiger partial charge in [-0.25, -0.2) is 8.91 Å². The number of anilines is 1. The molecule has 1 saturated heterocycles. The second kappa shape index (κ2) is 5.13. The van der Waals surface area contributed by atoms with Gasteiger partial charge in [0.05, 0.1) is 6.20 Å². The van der Waals surface area contributed by atoms with Gasteiger partial charge >= 0.3 is 0 Å². The number of aromatic nitrogens is 3. The smallest absolute Gasteiger partial charge is 0.245 e. The van der Waals surface area contributed by atoms with Crippen LogP contribution in [0.1, 0.15) is 12.8 Å². The summed E-state index contributed by atoms with van der Waals surface area (Å²) in [6.07, 6.45) is 3.75. The molecule has 1 unspecified atom stereocenters. The van der Waals surface area contributed by atoms with Gasteiger partial charge in [-0.15, -0.1) is 5.10 Å². The fourth-order valence-electron chi connectivity index (χ4n) is 2.68. The Hall–Kier alpha value is -1.69. The van der Waals surface area contributed by atoms with Crippen molar-refractivity contribution in [3.63, 3.8) is 0 Å². The van der Waals surface area contributed by atoms with Crippen molar-refractivity contribution < 1.29 is 4.39 Å². The van der Waals surface area contributed by atoms with E-state index in [0.29, 0.717) is 17.5 Å². The second-order valence-corrected chi connectivity index (χ2v) is 5.07. The second-order valence-electron chi connectivity index (χ2n) is 5.07. The first-order chi connectivity index (χ1) is 9.26. The van der Waals surface area contributed by atoms with Gasteiger partial charge in [0, 0.05) is 13.1 Å². The number of hydrogen-bond donors (Lipinski definition) is 1. The maximum atomic E-state index is 13.1. The molecule has 102 valence electrons. The Labute approximate surface area is 111 Å². The summed E-state index contributed by atoms with van der Waals surface area (Å²) in [6.45, 7) is 2.94.